The Labute approximate surface area is 173 Å². The molecule has 1 amide bonds. The van der Waals surface area contributed by atoms with Crippen molar-refractivity contribution in [3.05, 3.63) is 52.3 Å². The summed E-state index contributed by atoms with van der Waals surface area (Å²) in [6, 6.07) is 7.17. The molecule has 0 atom stereocenters. The van der Waals surface area contributed by atoms with Crippen LogP contribution in [0.1, 0.15) is 17.8 Å². The van der Waals surface area contributed by atoms with Crippen molar-refractivity contribution >= 4 is 28.4 Å². The highest BCUT2D eigenvalue weighted by Gasteiger charge is 2.18. The minimum atomic E-state index is -0.205. The number of fused-ring (bicyclic) bond motifs is 1. The Morgan fingerprint density at radius 2 is 1.83 bits per heavy atom. The molecule has 4 rings (SSSR count). The summed E-state index contributed by atoms with van der Waals surface area (Å²) in [5, 5.41) is 3.43. The van der Waals surface area contributed by atoms with Crippen LogP contribution in [0.5, 0.6) is 0 Å². The number of aromatic nitrogens is 4. The Balaban J connectivity index is 1.44. The van der Waals surface area contributed by atoms with Gasteiger partial charge in [0.05, 0.1) is 47.5 Å². The molecule has 2 aromatic heterocycles. The van der Waals surface area contributed by atoms with Crippen molar-refractivity contribution in [2.45, 2.75) is 26.8 Å². The van der Waals surface area contributed by atoms with Gasteiger partial charge in [0, 0.05) is 26.1 Å². The van der Waals surface area contributed by atoms with Crippen LogP contribution in [0.4, 0.5) is 11.6 Å². The molecule has 0 bridgehead atoms. The number of para-hydroxylation sites is 1. The third-order valence-corrected chi connectivity index (χ3v) is 5.13. The topological polar surface area (TPSA) is 102 Å². The Bertz CT molecular complexity index is 1110. The van der Waals surface area contributed by atoms with Gasteiger partial charge in [-0.2, -0.15) is 0 Å². The smallest absolute Gasteiger partial charge is 0.261 e. The average molecular weight is 408 g/mol. The molecule has 0 unspecified atom stereocenters. The second kappa shape index (κ2) is 8.58. The van der Waals surface area contributed by atoms with Gasteiger partial charge >= 0.3 is 0 Å². The lowest BCUT2D eigenvalue weighted by atomic mass is 10.2. The summed E-state index contributed by atoms with van der Waals surface area (Å²) in [5.74, 6) is 0.448. The molecule has 0 aliphatic carbocycles. The molecule has 0 radical (unpaired) electrons. The van der Waals surface area contributed by atoms with Crippen molar-refractivity contribution in [3.63, 3.8) is 0 Å². The number of carbonyl (C=O) groups excluding carboxylic acids is 1. The first-order valence-electron chi connectivity index (χ1n) is 9.95. The maximum Gasteiger partial charge on any atom is 0.261 e. The summed E-state index contributed by atoms with van der Waals surface area (Å²) in [5.41, 5.74) is 2.52. The first-order valence-corrected chi connectivity index (χ1v) is 9.95. The predicted molar refractivity (Wildman–Crippen MR) is 114 cm³/mol. The van der Waals surface area contributed by atoms with Gasteiger partial charge in [-0.1, -0.05) is 12.1 Å². The van der Waals surface area contributed by atoms with Gasteiger partial charge in [-0.15, -0.1) is 0 Å². The summed E-state index contributed by atoms with van der Waals surface area (Å²) < 4.78 is 6.83. The standard InChI is InChI=1S/C21H24N6O3/c1-14-19(15(2)24-21(23-14)26-9-11-30-12-10-26)25-18(28)7-8-27-13-22-17-6-4-3-5-16(17)20(27)29/h3-6,13H,7-12H2,1-2H3,(H,25,28). The van der Waals surface area contributed by atoms with Gasteiger partial charge in [0.25, 0.3) is 5.56 Å². The lowest BCUT2D eigenvalue weighted by Gasteiger charge is -2.27. The number of nitrogens with one attached hydrogen (secondary N) is 1. The number of amides is 1. The largest absolute Gasteiger partial charge is 0.378 e. The van der Waals surface area contributed by atoms with Gasteiger partial charge in [-0.3, -0.25) is 14.2 Å². The molecular formula is C21H24N6O3. The van der Waals surface area contributed by atoms with Gasteiger partial charge in [-0.25, -0.2) is 15.0 Å². The van der Waals surface area contributed by atoms with Gasteiger partial charge < -0.3 is 15.0 Å². The summed E-state index contributed by atoms with van der Waals surface area (Å²) in [4.78, 5) is 40.6. The lowest BCUT2D eigenvalue weighted by Crippen LogP contribution is -2.37. The molecule has 30 heavy (non-hydrogen) atoms. The van der Waals surface area contributed by atoms with Crippen molar-refractivity contribution in [1.82, 2.24) is 19.5 Å². The van der Waals surface area contributed by atoms with E-state index < -0.39 is 0 Å². The summed E-state index contributed by atoms with van der Waals surface area (Å²) in [6.07, 6.45) is 1.62. The number of aryl methyl sites for hydroxylation is 3. The van der Waals surface area contributed by atoms with Crippen LogP contribution in [0, 0.1) is 13.8 Å². The first-order chi connectivity index (χ1) is 14.5. The molecule has 1 aliphatic rings. The molecular weight excluding hydrogens is 384 g/mol. The first kappa shape index (κ1) is 20.0. The maximum atomic E-state index is 12.6. The number of morpholine rings is 1. The summed E-state index contributed by atoms with van der Waals surface area (Å²) >= 11 is 0. The number of hydrogen-bond acceptors (Lipinski definition) is 7. The lowest BCUT2D eigenvalue weighted by molar-refractivity contribution is -0.116. The third kappa shape index (κ3) is 4.16. The molecule has 1 fully saturated rings. The normalized spacial score (nSPS) is 14.1. The number of nitrogens with zero attached hydrogens (tertiary/aromatic N) is 5. The zero-order chi connectivity index (χ0) is 21.1. The van der Waals surface area contributed by atoms with Crippen molar-refractivity contribution in [3.8, 4) is 0 Å². The van der Waals surface area contributed by atoms with E-state index in [4.69, 9.17) is 4.74 Å². The molecule has 3 aromatic rings. The summed E-state index contributed by atoms with van der Waals surface area (Å²) in [6.45, 7) is 6.76. The number of hydrogen-bond donors (Lipinski definition) is 1. The number of carbonyl (C=O) groups is 1. The van der Waals surface area contributed by atoms with E-state index >= 15 is 0 Å². The number of ether oxygens (including phenoxy) is 1. The SMILES string of the molecule is Cc1nc(N2CCOCC2)nc(C)c1NC(=O)CCn1cnc2ccccc2c1=O. The molecule has 156 valence electrons. The highest BCUT2D eigenvalue weighted by atomic mass is 16.5. The molecule has 1 aromatic carbocycles. The van der Waals surface area contributed by atoms with Crippen molar-refractivity contribution in [1.29, 1.82) is 0 Å². The van der Waals surface area contributed by atoms with Crippen LogP contribution in [-0.4, -0.2) is 51.7 Å². The molecule has 0 saturated carbocycles. The number of rotatable bonds is 5. The maximum absolute atomic E-state index is 12.6. The Morgan fingerprint density at radius 1 is 1.13 bits per heavy atom. The van der Waals surface area contributed by atoms with Gasteiger partial charge in [0.15, 0.2) is 0 Å². The number of benzene rings is 1. The second-order valence-corrected chi connectivity index (χ2v) is 7.23. The second-order valence-electron chi connectivity index (χ2n) is 7.23. The van der Waals surface area contributed by atoms with Crippen molar-refractivity contribution < 1.29 is 9.53 Å². The van der Waals surface area contributed by atoms with Gasteiger partial charge in [0.1, 0.15) is 0 Å². The number of anilines is 2. The van der Waals surface area contributed by atoms with Crippen LogP contribution in [0.15, 0.2) is 35.4 Å². The zero-order valence-electron chi connectivity index (χ0n) is 17.1. The molecule has 0 spiro atoms. The van der Waals surface area contributed by atoms with E-state index in [1.807, 2.05) is 19.9 Å². The van der Waals surface area contributed by atoms with Crippen LogP contribution in [-0.2, 0) is 16.1 Å². The van der Waals surface area contributed by atoms with Crippen molar-refractivity contribution in [2.75, 3.05) is 36.5 Å². The van der Waals surface area contributed by atoms with E-state index in [2.05, 4.69) is 25.2 Å². The van der Waals surface area contributed by atoms with Crippen LogP contribution in [0.25, 0.3) is 10.9 Å². The van der Waals surface area contributed by atoms with E-state index in [1.54, 1.807) is 18.2 Å². The minimum Gasteiger partial charge on any atom is -0.378 e. The fourth-order valence-corrected chi connectivity index (χ4v) is 3.47. The third-order valence-electron chi connectivity index (χ3n) is 5.13. The highest BCUT2D eigenvalue weighted by Crippen LogP contribution is 2.21. The molecule has 3 heterocycles. The monoisotopic (exact) mass is 408 g/mol. The molecule has 9 heteroatoms. The fraction of sp³-hybridized carbons (Fsp3) is 0.381. The van der Waals surface area contributed by atoms with Gasteiger partial charge in [-0.05, 0) is 26.0 Å². The summed E-state index contributed by atoms with van der Waals surface area (Å²) in [7, 11) is 0. The van der Waals surface area contributed by atoms with E-state index in [0.717, 1.165) is 13.1 Å². The Morgan fingerprint density at radius 3 is 2.57 bits per heavy atom. The molecule has 9 nitrogen and oxygen atoms in total. The van der Waals surface area contributed by atoms with E-state index in [-0.39, 0.29) is 24.4 Å². The quantitative estimate of drug-likeness (QED) is 0.685. The zero-order valence-corrected chi connectivity index (χ0v) is 17.1. The van der Waals surface area contributed by atoms with E-state index in [1.165, 1.54) is 10.9 Å². The molecule has 1 N–H and O–H groups in total. The molecule has 1 aliphatic heterocycles. The highest BCUT2D eigenvalue weighted by molar-refractivity contribution is 5.91. The van der Waals surface area contributed by atoms with Gasteiger partial charge in [0.2, 0.25) is 11.9 Å². The minimum absolute atomic E-state index is 0.143. The van der Waals surface area contributed by atoms with E-state index in [0.29, 0.717) is 47.1 Å². The van der Waals surface area contributed by atoms with Crippen LogP contribution < -0.4 is 15.8 Å². The average Bonchev–Trinajstić information content (AvgIpc) is 2.76. The van der Waals surface area contributed by atoms with Crippen LogP contribution in [0.3, 0.4) is 0 Å². The van der Waals surface area contributed by atoms with Crippen LogP contribution in [0.2, 0.25) is 0 Å². The van der Waals surface area contributed by atoms with Crippen molar-refractivity contribution in [2.24, 2.45) is 0 Å². The van der Waals surface area contributed by atoms with E-state index in [9.17, 15) is 9.59 Å². The predicted octanol–water partition coefficient (Wildman–Crippen LogP) is 1.67. The van der Waals surface area contributed by atoms with Crippen LogP contribution >= 0.6 is 0 Å². The molecule has 1 saturated heterocycles. The fourth-order valence-electron chi connectivity index (χ4n) is 3.47. The Kier molecular flexibility index (Phi) is 5.71. The Hall–Kier alpha value is -3.33.